The molecule has 0 aliphatic heterocycles. The highest BCUT2D eigenvalue weighted by Gasteiger charge is 2.24. The lowest BCUT2D eigenvalue weighted by atomic mass is 10.1. The highest BCUT2D eigenvalue weighted by molar-refractivity contribution is 7.19. The number of hydrogen-bond donors (Lipinski definition) is 1. The number of nitrogens with zero attached hydrogens (tertiary/aromatic N) is 3. The van der Waals surface area contributed by atoms with Crippen molar-refractivity contribution < 1.29 is 9.53 Å². The van der Waals surface area contributed by atoms with Crippen LogP contribution in [0.5, 0.6) is 5.75 Å². The molecule has 0 bridgehead atoms. The Hall–Kier alpha value is -2.38. The molecule has 1 aromatic carbocycles. The van der Waals surface area contributed by atoms with Crippen molar-refractivity contribution in [2.75, 3.05) is 20.2 Å². The van der Waals surface area contributed by atoms with Crippen molar-refractivity contribution in [3.8, 4) is 17.0 Å². The second kappa shape index (κ2) is 7.47. The molecule has 0 atom stereocenters. The SMILES string of the molecule is CCN(CC)C(=O)c1sc2nc(-c3ccc(OC)cc3)c(CN)n2c1C. The topological polar surface area (TPSA) is 72.9 Å². The van der Waals surface area contributed by atoms with Gasteiger partial charge in [-0.05, 0) is 45.0 Å². The van der Waals surface area contributed by atoms with E-state index < -0.39 is 0 Å². The molecule has 0 saturated heterocycles. The predicted octanol–water partition coefficient (Wildman–Crippen LogP) is 3.32. The molecule has 26 heavy (non-hydrogen) atoms. The molecule has 0 spiro atoms. The fourth-order valence-electron chi connectivity index (χ4n) is 3.13. The molecule has 6 nitrogen and oxygen atoms in total. The Morgan fingerprint density at radius 3 is 2.46 bits per heavy atom. The maximum atomic E-state index is 12.8. The van der Waals surface area contributed by atoms with E-state index >= 15 is 0 Å². The number of benzene rings is 1. The Morgan fingerprint density at radius 1 is 1.27 bits per heavy atom. The predicted molar refractivity (Wildman–Crippen MR) is 105 cm³/mol. The number of aromatic nitrogens is 2. The lowest BCUT2D eigenvalue weighted by Crippen LogP contribution is -2.30. The summed E-state index contributed by atoms with van der Waals surface area (Å²) in [5.74, 6) is 0.851. The highest BCUT2D eigenvalue weighted by Crippen LogP contribution is 2.32. The zero-order valence-corrected chi connectivity index (χ0v) is 16.4. The summed E-state index contributed by atoms with van der Waals surface area (Å²) in [4.78, 5) is 20.9. The number of rotatable bonds is 6. The Bertz CT molecular complexity index is 923. The summed E-state index contributed by atoms with van der Waals surface area (Å²) in [7, 11) is 1.64. The molecule has 0 saturated carbocycles. The number of hydrogen-bond acceptors (Lipinski definition) is 5. The first kappa shape index (κ1) is 18.4. The molecular weight excluding hydrogens is 348 g/mol. The van der Waals surface area contributed by atoms with Crippen LogP contribution in [-0.2, 0) is 6.54 Å². The molecule has 138 valence electrons. The van der Waals surface area contributed by atoms with Gasteiger partial charge in [0, 0.05) is 30.9 Å². The minimum absolute atomic E-state index is 0.0527. The van der Waals surface area contributed by atoms with Gasteiger partial charge in [0.1, 0.15) is 10.6 Å². The molecule has 3 rings (SSSR count). The minimum Gasteiger partial charge on any atom is -0.497 e. The zero-order valence-electron chi connectivity index (χ0n) is 15.6. The summed E-state index contributed by atoms with van der Waals surface area (Å²) in [6, 6.07) is 7.76. The molecule has 3 aromatic rings. The van der Waals surface area contributed by atoms with Crippen LogP contribution in [0.15, 0.2) is 24.3 Å². The largest absolute Gasteiger partial charge is 0.497 e. The van der Waals surface area contributed by atoms with Gasteiger partial charge in [-0.2, -0.15) is 0 Å². The van der Waals surface area contributed by atoms with E-state index in [1.165, 1.54) is 11.3 Å². The fourth-order valence-corrected chi connectivity index (χ4v) is 4.25. The van der Waals surface area contributed by atoms with Gasteiger partial charge in [-0.15, -0.1) is 0 Å². The third-order valence-electron chi connectivity index (χ3n) is 4.60. The molecule has 0 aliphatic rings. The standard InChI is InChI=1S/C19H24N4O2S/c1-5-22(6-2)18(24)17-12(3)23-15(11-20)16(21-19(23)26-17)13-7-9-14(25-4)10-8-13/h7-10H,5-6,11,20H2,1-4H3. The third-order valence-corrected chi connectivity index (χ3v) is 5.73. The Morgan fingerprint density at radius 2 is 1.92 bits per heavy atom. The third kappa shape index (κ3) is 2.97. The molecule has 7 heteroatoms. The summed E-state index contributed by atoms with van der Waals surface area (Å²) in [6.07, 6.45) is 0. The molecular formula is C19H24N4O2S. The quantitative estimate of drug-likeness (QED) is 0.720. The number of methoxy groups -OCH3 is 1. The van der Waals surface area contributed by atoms with E-state index in [2.05, 4.69) is 0 Å². The number of carbonyl (C=O) groups excluding carboxylic acids is 1. The average Bonchev–Trinajstić information content (AvgIpc) is 3.19. The van der Waals surface area contributed by atoms with Gasteiger partial charge in [-0.25, -0.2) is 4.98 Å². The molecule has 0 radical (unpaired) electrons. The smallest absolute Gasteiger partial charge is 0.265 e. The monoisotopic (exact) mass is 372 g/mol. The molecule has 1 amide bonds. The average molecular weight is 372 g/mol. The number of thiazole rings is 1. The van der Waals surface area contributed by atoms with Crippen LogP contribution >= 0.6 is 11.3 Å². The van der Waals surface area contributed by atoms with Crippen LogP contribution in [0.1, 0.15) is 34.9 Å². The Kier molecular flexibility index (Phi) is 5.29. The Balaban J connectivity index is 2.10. The number of imidazole rings is 1. The summed E-state index contributed by atoms with van der Waals surface area (Å²) < 4.78 is 7.23. The van der Waals surface area contributed by atoms with Gasteiger partial charge in [0.2, 0.25) is 0 Å². The summed E-state index contributed by atoms with van der Waals surface area (Å²) >= 11 is 1.42. The zero-order chi connectivity index (χ0) is 18.8. The number of fused-ring (bicyclic) bond motifs is 1. The van der Waals surface area contributed by atoms with Crippen LogP contribution in [0.2, 0.25) is 0 Å². The van der Waals surface area contributed by atoms with Gasteiger partial charge < -0.3 is 15.4 Å². The lowest BCUT2D eigenvalue weighted by Gasteiger charge is -2.17. The van der Waals surface area contributed by atoms with Crippen LogP contribution in [-0.4, -0.2) is 40.4 Å². The number of amides is 1. The summed E-state index contributed by atoms with van der Waals surface area (Å²) in [5, 5.41) is 0. The normalized spacial score (nSPS) is 11.1. The van der Waals surface area contributed by atoms with Crippen LogP contribution in [0.25, 0.3) is 16.2 Å². The van der Waals surface area contributed by atoms with E-state index in [0.717, 1.165) is 38.2 Å². The van der Waals surface area contributed by atoms with Crippen molar-refractivity contribution >= 4 is 22.2 Å². The second-order valence-electron chi connectivity index (χ2n) is 5.95. The lowest BCUT2D eigenvalue weighted by molar-refractivity contribution is 0.0776. The van der Waals surface area contributed by atoms with Crippen molar-refractivity contribution in [3.05, 3.63) is 40.5 Å². The number of ether oxygens (including phenoxy) is 1. The van der Waals surface area contributed by atoms with Crippen LogP contribution in [0.3, 0.4) is 0 Å². The molecule has 2 aromatic heterocycles. The van der Waals surface area contributed by atoms with E-state index in [9.17, 15) is 4.79 Å². The van der Waals surface area contributed by atoms with Crippen LogP contribution in [0, 0.1) is 6.92 Å². The van der Waals surface area contributed by atoms with Gasteiger partial charge in [0.15, 0.2) is 4.96 Å². The second-order valence-corrected chi connectivity index (χ2v) is 6.93. The maximum absolute atomic E-state index is 12.8. The van der Waals surface area contributed by atoms with Gasteiger partial charge >= 0.3 is 0 Å². The van der Waals surface area contributed by atoms with E-state index in [0.29, 0.717) is 19.6 Å². The highest BCUT2D eigenvalue weighted by atomic mass is 32.1. The number of carbonyl (C=O) groups is 1. The number of aryl methyl sites for hydroxylation is 1. The first-order chi connectivity index (χ1) is 12.5. The summed E-state index contributed by atoms with van der Waals surface area (Å²) in [5.41, 5.74) is 9.69. The van der Waals surface area contributed by atoms with Gasteiger partial charge in [0.25, 0.3) is 5.91 Å². The molecule has 0 aliphatic carbocycles. The van der Waals surface area contributed by atoms with E-state index in [-0.39, 0.29) is 5.91 Å². The fraction of sp³-hybridized carbons (Fsp3) is 0.368. The number of nitrogens with two attached hydrogens (primary N) is 1. The van der Waals surface area contributed by atoms with Gasteiger partial charge in [0.05, 0.1) is 18.5 Å². The van der Waals surface area contributed by atoms with Crippen molar-refractivity contribution in [2.45, 2.75) is 27.3 Å². The van der Waals surface area contributed by atoms with Crippen molar-refractivity contribution in [2.24, 2.45) is 5.73 Å². The molecule has 2 N–H and O–H groups in total. The van der Waals surface area contributed by atoms with Gasteiger partial charge in [-0.3, -0.25) is 9.20 Å². The molecule has 2 heterocycles. The molecule has 0 unspecified atom stereocenters. The van der Waals surface area contributed by atoms with Crippen molar-refractivity contribution in [1.82, 2.24) is 14.3 Å². The van der Waals surface area contributed by atoms with Crippen LogP contribution < -0.4 is 10.5 Å². The Labute approximate surface area is 157 Å². The van der Waals surface area contributed by atoms with Crippen molar-refractivity contribution in [3.63, 3.8) is 0 Å². The van der Waals surface area contributed by atoms with Gasteiger partial charge in [-0.1, -0.05) is 11.3 Å². The van der Waals surface area contributed by atoms with E-state index in [1.807, 2.05) is 54.3 Å². The first-order valence-electron chi connectivity index (χ1n) is 8.70. The van der Waals surface area contributed by atoms with E-state index in [1.54, 1.807) is 7.11 Å². The minimum atomic E-state index is 0.0527. The van der Waals surface area contributed by atoms with E-state index in [4.69, 9.17) is 15.5 Å². The molecule has 0 fully saturated rings. The maximum Gasteiger partial charge on any atom is 0.265 e. The van der Waals surface area contributed by atoms with Crippen LogP contribution in [0.4, 0.5) is 0 Å². The summed E-state index contributed by atoms with van der Waals surface area (Å²) in [6.45, 7) is 7.66. The first-order valence-corrected chi connectivity index (χ1v) is 9.51. The van der Waals surface area contributed by atoms with Crippen molar-refractivity contribution in [1.29, 1.82) is 0 Å².